The van der Waals surface area contributed by atoms with Crippen molar-refractivity contribution in [2.75, 3.05) is 18.8 Å². The van der Waals surface area contributed by atoms with Crippen LogP contribution in [-0.4, -0.2) is 48.4 Å². The molecule has 0 bridgehead atoms. The second kappa shape index (κ2) is 7.73. The van der Waals surface area contributed by atoms with Crippen molar-refractivity contribution in [3.63, 3.8) is 0 Å². The molecular weight excluding hydrogens is 460 g/mol. The Labute approximate surface area is 187 Å². The average Bonchev–Trinajstić information content (AvgIpc) is 3.44. The number of nitrogens with two attached hydrogens (primary N) is 1. The van der Waals surface area contributed by atoms with E-state index in [4.69, 9.17) is 10.7 Å². The summed E-state index contributed by atoms with van der Waals surface area (Å²) in [5, 5.41) is 13.7. The van der Waals surface area contributed by atoms with Crippen molar-refractivity contribution in [1.29, 1.82) is 0 Å². The molecule has 1 saturated heterocycles. The minimum atomic E-state index is -0.874. The van der Waals surface area contributed by atoms with Gasteiger partial charge in [0, 0.05) is 48.2 Å². The predicted molar refractivity (Wildman–Crippen MR) is 121 cm³/mol. The number of hydrogen-bond acceptors (Lipinski definition) is 4. The molecule has 1 aliphatic rings. The predicted octanol–water partition coefficient (Wildman–Crippen LogP) is 4.39. The largest absolute Gasteiger partial charge is 0.465 e. The number of anilines is 1. The Kier molecular flexibility index (Phi) is 4.90. The Morgan fingerprint density at radius 2 is 1.90 bits per heavy atom. The SMILES string of the molecule is Nc1c(Br)c(C2CCN(C(=O)O)CC2)nc2c(-c3ccn(-c4ccccc4)c3)cnn12. The number of nitrogen functional groups attached to an aromatic ring is 1. The number of likely N-dealkylation sites (tertiary alicyclic amines) is 1. The van der Waals surface area contributed by atoms with Crippen molar-refractivity contribution >= 4 is 33.5 Å². The first-order chi connectivity index (χ1) is 15.0. The Hall–Kier alpha value is -3.33. The van der Waals surface area contributed by atoms with E-state index in [-0.39, 0.29) is 5.92 Å². The zero-order valence-corrected chi connectivity index (χ0v) is 18.2. The lowest BCUT2D eigenvalue weighted by Gasteiger charge is -2.30. The zero-order valence-electron chi connectivity index (χ0n) is 16.6. The van der Waals surface area contributed by atoms with E-state index in [2.05, 4.69) is 43.9 Å². The fourth-order valence-electron chi connectivity index (χ4n) is 4.15. The average molecular weight is 481 g/mol. The molecule has 3 N–H and O–H groups in total. The molecule has 1 amide bonds. The van der Waals surface area contributed by atoms with Gasteiger partial charge in [-0.3, -0.25) is 0 Å². The van der Waals surface area contributed by atoms with Gasteiger partial charge >= 0.3 is 6.09 Å². The monoisotopic (exact) mass is 480 g/mol. The van der Waals surface area contributed by atoms with E-state index in [0.717, 1.165) is 27.0 Å². The molecule has 0 radical (unpaired) electrons. The number of nitrogens with zero attached hydrogens (tertiary/aromatic N) is 5. The van der Waals surface area contributed by atoms with Crippen LogP contribution in [0.3, 0.4) is 0 Å². The molecule has 5 rings (SSSR count). The number of halogens is 1. The van der Waals surface area contributed by atoms with Crippen LogP contribution in [0.25, 0.3) is 22.5 Å². The van der Waals surface area contributed by atoms with Crippen LogP contribution < -0.4 is 5.73 Å². The van der Waals surface area contributed by atoms with E-state index in [0.29, 0.717) is 37.4 Å². The van der Waals surface area contributed by atoms with Crippen molar-refractivity contribution in [2.45, 2.75) is 18.8 Å². The number of carboxylic acid groups (broad SMARTS) is 1. The Bertz CT molecular complexity index is 1260. The lowest BCUT2D eigenvalue weighted by Crippen LogP contribution is -2.37. The molecule has 4 aromatic rings. The van der Waals surface area contributed by atoms with Gasteiger partial charge in [0.25, 0.3) is 0 Å². The number of hydrogen-bond donors (Lipinski definition) is 2. The van der Waals surface area contributed by atoms with Crippen LogP contribution in [0.2, 0.25) is 0 Å². The van der Waals surface area contributed by atoms with Gasteiger partial charge in [0.2, 0.25) is 0 Å². The summed E-state index contributed by atoms with van der Waals surface area (Å²) < 4.78 is 4.43. The van der Waals surface area contributed by atoms with E-state index >= 15 is 0 Å². The Morgan fingerprint density at radius 3 is 2.61 bits per heavy atom. The number of carbonyl (C=O) groups is 1. The first kappa shape index (κ1) is 19.6. The maximum absolute atomic E-state index is 11.2. The van der Waals surface area contributed by atoms with E-state index in [1.54, 1.807) is 10.7 Å². The fourth-order valence-corrected chi connectivity index (χ4v) is 4.73. The fraction of sp³-hybridized carbons (Fsp3) is 0.227. The quantitative estimate of drug-likeness (QED) is 0.452. The van der Waals surface area contributed by atoms with Crippen molar-refractivity contribution in [2.24, 2.45) is 0 Å². The molecule has 0 saturated carbocycles. The molecule has 0 atom stereocenters. The third-order valence-corrected chi connectivity index (χ3v) is 6.67. The molecule has 31 heavy (non-hydrogen) atoms. The van der Waals surface area contributed by atoms with Gasteiger partial charge in [-0.15, -0.1) is 0 Å². The topological polar surface area (TPSA) is 102 Å². The summed E-state index contributed by atoms with van der Waals surface area (Å²) in [7, 11) is 0. The maximum atomic E-state index is 11.2. The number of para-hydroxylation sites is 1. The van der Waals surface area contributed by atoms with Crippen LogP contribution in [0.4, 0.5) is 10.6 Å². The molecule has 8 nitrogen and oxygen atoms in total. The van der Waals surface area contributed by atoms with Gasteiger partial charge in [-0.25, -0.2) is 9.78 Å². The number of amides is 1. The third-order valence-electron chi connectivity index (χ3n) is 5.86. The number of rotatable bonds is 3. The third kappa shape index (κ3) is 3.44. The van der Waals surface area contributed by atoms with Gasteiger partial charge < -0.3 is 20.3 Å². The lowest BCUT2D eigenvalue weighted by atomic mass is 9.93. The minimum absolute atomic E-state index is 0.133. The normalized spacial score (nSPS) is 14.9. The van der Waals surface area contributed by atoms with Gasteiger partial charge in [-0.1, -0.05) is 18.2 Å². The van der Waals surface area contributed by atoms with Crippen LogP contribution >= 0.6 is 15.9 Å². The number of fused-ring (bicyclic) bond motifs is 1. The summed E-state index contributed by atoms with van der Waals surface area (Å²) in [5.74, 6) is 0.628. The molecule has 1 aromatic carbocycles. The Morgan fingerprint density at radius 1 is 1.16 bits per heavy atom. The van der Waals surface area contributed by atoms with Crippen molar-refractivity contribution in [1.82, 2.24) is 24.1 Å². The molecule has 0 spiro atoms. The van der Waals surface area contributed by atoms with E-state index in [1.165, 1.54) is 4.90 Å². The highest BCUT2D eigenvalue weighted by atomic mass is 79.9. The van der Waals surface area contributed by atoms with Gasteiger partial charge in [-0.05, 0) is 47.0 Å². The van der Waals surface area contributed by atoms with E-state index in [9.17, 15) is 9.90 Å². The second-order valence-electron chi connectivity index (χ2n) is 7.68. The first-order valence-electron chi connectivity index (χ1n) is 10.1. The summed E-state index contributed by atoms with van der Waals surface area (Å²) in [6, 6.07) is 12.1. The van der Waals surface area contributed by atoms with Crippen LogP contribution in [0.5, 0.6) is 0 Å². The molecule has 9 heteroatoms. The smallest absolute Gasteiger partial charge is 0.407 e. The number of piperidine rings is 1. The summed E-state index contributed by atoms with van der Waals surface area (Å²) >= 11 is 3.60. The highest BCUT2D eigenvalue weighted by molar-refractivity contribution is 9.10. The molecule has 1 aliphatic heterocycles. The standard InChI is InChI=1S/C22H21BrN6O2/c23-18-19(14-6-9-27(10-7-14)22(30)31)26-21-17(12-25-29(21)20(18)24)15-8-11-28(13-15)16-4-2-1-3-5-16/h1-5,8,11-14H,6-7,9-10,24H2,(H,30,31). The van der Waals surface area contributed by atoms with Crippen LogP contribution in [0.15, 0.2) is 59.5 Å². The molecule has 0 unspecified atom stereocenters. The van der Waals surface area contributed by atoms with Crippen molar-refractivity contribution in [3.8, 4) is 16.8 Å². The van der Waals surface area contributed by atoms with Gasteiger partial charge in [0.15, 0.2) is 5.65 Å². The van der Waals surface area contributed by atoms with Gasteiger partial charge in [-0.2, -0.15) is 9.61 Å². The zero-order chi connectivity index (χ0) is 21.5. The number of aromatic nitrogens is 4. The van der Waals surface area contributed by atoms with Crippen LogP contribution in [-0.2, 0) is 0 Å². The van der Waals surface area contributed by atoms with Crippen molar-refractivity contribution < 1.29 is 9.90 Å². The lowest BCUT2D eigenvalue weighted by molar-refractivity contribution is 0.131. The Balaban J connectivity index is 1.53. The van der Waals surface area contributed by atoms with Crippen molar-refractivity contribution in [3.05, 3.63) is 65.2 Å². The number of benzene rings is 1. The second-order valence-corrected chi connectivity index (χ2v) is 8.47. The summed E-state index contributed by atoms with van der Waals surface area (Å²) in [4.78, 5) is 17.6. The molecular formula is C22H21BrN6O2. The first-order valence-corrected chi connectivity index (χ1v) is 10.9. The van der Waals surface area contributed by atoms with E-state index < -0.39 is 6.09 Å². The summed E-state index contributed by atoms with van der Waals surface area (Å²) in [5.41, 5.74) is 10.9. The molecule has 3 aromatic heterocycles. The van der Waals surface area contributed by atoms with Crippen LogP contribution in [0.1, 0.15) is 24.5 Å². The van der Waals surface area contributed by atoms with Crippen LogP contribution in [0, 0.1) is 0 Å². The summed E-state index contributed by atoms with van der Waals surface area (Å²) in [6.07, 6.45) is 6.40. The minimum Gasteiger partial charge on any atom is -0.465 e. The molecule has 158 valence electrons. The molecule has 4 heterocycles. The molecule has 1 fully saturated rings. The highest BCUT2D eigenvalue weighted by Gasteiger charge is 2.28. The van der Waals surface area contributed by atoms with Gasteiger partial charge in [0.05, 0.1) is 16.4 Å². The summed E-state index contributed by atoms with van der Waals surface area (Å²) in [6.45, 7) is 0.983. The highest BCUT2D eigenvalue weighted by Crippen LogP contribution is 2.37. The van der Waals surface area contributed by atoms with Gasteiger partial charge in [0.1, 0.15) is 5.82 Å². The molecule has 0 aliphatic carbocycles. The van der Waals surface area contributed by atoms with E-state index in [1.807, 2.05) is 30.5 Å². The maximum Gasteiger partial charge on any atom is 0.407 e.